The van der Waals surface area contributed by atoms with Crippen LogP contribution in [-0.2, 0) is 0 Å². The van der Waals surface area contributed by atoms with Gasteiger partial charge >= 0.3 is 25.5 Å². The third kappa shape index (κ3) is 2.52. The predicted molar refractivity (Wildman–Crippen MR) is 50.8 cm³/mol. The van der Waals surface area contributed by atoms with Gasteiger partial charge in [0.05, 0.1) is 0 Å². The van der Waals surface area contributed by atoms with E-state index < -0.39 is 49.8 Å². The molecule has 0 nitrogen and oxygen atoms in total. The van der Waals surface area contributed by atoms with Crippen molar-refractivity contribution in [1.82, 2.24) is 0 Å². The third-order valence-electron chi connectivity index (χ3n) is 3.64. The minimum Gasteiger partial charge on any atom is -0.210 e. The number of hydrogen-bond acceptors (Lipinski definition) is 0. The Morgan fingerprint density at radius 1 is 0.571 bits per heavy atom. The number of alkyl halides is 11. The highest BCUT2D eigenvalue weighted by Crippen LogP contribution is 2.60. The average molecular weight is 354 g/mol. The molecule has 0 atom stereocenters. The van der Waals surface area contributed by atoms with E-state index >= 15 is 0 Å². The second-order valence-electron chi connectivity index (χ2n) is 4.85. The molecular weight excluding hydrogens is 345 g/mol. The van der Waals surface area contributed by atoms with Crippen LogP contribution in [0.2, 0.25) is 0 Å². The first kappa shape index (κ1) is 18.5. The molecule has 12 heteroatoms. The fourth-order valence-electron chi connectivity index (χ4n) is 2.64. The molecule has 0 unspecified atom stereocenters. The van der Waals surface area contributed by atoms with E-state index in [9.17, 15) is 48.3 Å². The lowest BCUT2D eigenvalue weighted by molar-refractivity contribution is -0.194. The molecule has 126 valence electrons. The van der Waals surface area contributed by atoms with Gasteiger partial charge < -0.3 is 0 Å². The van der Waals surface area contributed by atoms with Crippen molar-refractivity contribution in [3.8, 4) is 0 Å². The van der Waals surface area contributed by atoms with Crippen molar-refractivity contribution in [2.24, 2.45) is 5.92 Å². The highest BCUT2D eigenvalue weighted by Gasteiger charge is 2.98. The van der Waals surface area contributed by atoms with Crippen molar-refractivity contribution in [2.75, 3.05) is 0 Å². The molecule has 0 N–H and O–H groups in total. The van der Waals surface area contributed by atoms with Gasteiger partial charge in [0.2, 0.25) is 0 Å². The molecular formula is C9H9F11Si. The Kier molecular flexibility index (Phi) is 4.39. The second-order valence-corrected chi connectivity index (χ2v) is 8.72. The standard InChI is InChI=1S/C9H9F11Si/c10-6(11,5-3-1-2-4-5)21(7(12,13)14,8(15,16)17)9(18,19)20/h5H,1-4H2. The molecule has 21 heavy (non-hydrogen) atoms. The van der Waals surface area contributed by atoms with Crippen LogP contribution < -0.4 is 0 Å². The van der Waals surface area contributed by atoms with Crippen molar-refractivity contribution >= 4 is 8.07 Å². The van der Waals surface area contributed by atoms with Gasteiger partial charge in [-0.05, 0) is 12.8 Å². The first-order valence-electron chi connectivity index (χ1n) is 5.68. The molecule has 0 aromatic carbocycles. The van der Waals surface area contributed by atoms with Gasteiger partial charge in [-0.25, -0.2) is 8.78 Å². The van der Waals surface area contributed by atoms with E-state index in [1.54, 1.807) is 0 Å². The molecule has 1 saturated carbocycles. The maximum absolute atomic E-state index is 13.8. The predicted octanol–water partition coefficient (Wildman–Crippen LogP) is 5.10. The van der Waals surface area contributed by atoms with Crippen LogP contribution in [0.3, 0.4) is 0 Å². The van der Waals surface area contributed by atoms with Gasteiger partial charge in [-0.3, -0.25) is 0 Å². The van der Waals surface area contributed by atoms with Gasteiger partial charge in [0, 0.05) is 5.92 Å². The zero-order valence-corrected chi connectivity index (χ0v) is 11.1. The maximum atomic E-state index is 13.8. The maximum Gasteiger partial charge on any atom is 0.496 e. The van der Waals surface area contributed by atoms with Gasteiger partial charge in [-0.1, -0.05) is 12.8 Å². The van der Waals surface area contributed by atoms with E-state index in [0.717, 1.165) is 0 Å². The Labute approximate surface area is 112 Å². The van der Waals surface area contributed by atoms with E-state index in [-0.39, 0.29) is 12.8 Å². The molecule has 1 aliphatic carbocycles. The molecule has 1 fully saturated rings. The Hall–Kier alpha value is -0.553. The zero-order valence-electron chi connectivity index (χ0n) is 10.1. The number of halogens is 11. The molecule has 0 saturated heterocycles. The van der Waals surface area contributed by atoms with Gasteiger partial charge in [0.1, 0.15) is 0 Å². The van der Waals surface area contributed by atoms with Crippen molar-refractivity contribution in [2.45, 2.75) is 48.6 Å². The Bertz CT molecular complexity index is 335. The average Bonchev–Trinajstić information content (AvgIpc) is 2.60. The molecule has 0 radical (unpaired) electrons. The van der Waals surface area contributed by atoms with Crippen LogP contribution in [0.15, 0.2) is 0 Å². The summed E-state index contributed by atoms with van der Waals surface area (Å²) in [6.07, 6.45) is -1.83. The molecule has 0 amide bonds. The van der Waals surface area contributed by atoms with Gasteiger partial charge in [-0.15, -0.1) is 0 Å². The van der Waals surface area contributed by atoms with Gasteiger partial charge in [0.15, 0.2) is 0 Å². The van der Waals surface area contributed by atoms with Crippen LogP contribution in [0.4, 0.5) is 48.3 Å². The Morgan fingerprint density at radius 3 is 1.10 bits per heavy atom. The smallest absolute Gasteiger partial charge is 0.210 e. The molecule has 0 aromatic heterocycles. The van der Waals surface area contributed by atoms with E-state index in [4.69, 9.17) is 0 Å². The lowest BCUT2D eigenvalue weighted by Gasteiger charge is -2.42. The van der Waals surface area contributed by atoms with E-state index in [1.807, 2.05) is 0 Å². The zero-order chi connectivity index (χ0) is 16.9. The van der Waals surface area contributed by atoms with Crippen LogP contribution in [0.5, 0.6) is 0 Å². The summed E-state index contributed by atoms with van der Waals surface area (Å²) in [5.74, 6) is -23.8. The number of rotatable bonds is 2. The summed E-state index contributed by atoms with van der Waals surface area (Å²) in [6.45, 7) is 0. The summed E-state index contributed by atoms with van der Waals surface area (Å²) in [5.41, 5.74) is -5.89. The SMILES string of the molecule is FC(F)(F)[Si](C(F)(F)F)(C(F)(F)F)C(F)(F)C1CCCC1. The second kappa shape index (κ2) is 4.98. The molecule has 0 aliphatic heterocycles. The summed E-state index contributed by atoms with van der Waals surface area (Å²) in [7, 11) is -9.03. The van der Waals surface area contributed by atoms with E-state index in [1.165, 1.54) is 0 Å². The van der Waals surface area contributed by atoms with Gasteiger partial charge in [-0.2, -0.15) is 39.5 Å². The summed E-state index contributed by atoms with van der Waals surface area (Å²) in [6, 6.07) is 0. The fourth-order valence-corrected chi connectivity index (χ4v) is 5.64. The third-order valence-corrected chi connectivity index (χ3v) is 7.60. The Morgan fingerprint density at radius 2 is 0.857 bits per heavy atom. The normalized spacial score (nSPS) is 20.1. The monoisotopic (exact) mass is 354 g/mol. The highest BCUT2D eigenvalue weighted by atomic mass is 28.3. The lowest BCUT2D eigenvalue weighted by atomic mass is 10.1. The van der Waals surface area contributed by atoms with Crippen LogP contribution in [0.25, 0.3) is 0 Å². The van der Waals surface area contributed by atoms with Crippen molar-refractivity contribution in [3.63, 3.8) is 0 Å². The molecule has 1 rings (SSSR count). The first-order valence-corrected chi connectivity index (χ1v) is 7.68. The largest absolute Gasteiger partial charge is 0.496 e. The van der Waals surface area contributed by atoms with Crippen LogP contribution in [-0.4, -0.2) is 31.0 Å². The quantitative estimate of drug-likeness (QED) is 0.478. The lowest BCUT2D eigenvalue weighted by Crippen LogP contribution is -2.82. The van der Waals surface area contributed by atoms with E-state index in [2.05, 4.69) is 0 Å². The first-order chi connectivity index (χ1) is 9.11. The Balaban J connectivity index is 3.65. The van der Waals surface area contributed by atoms with Crippen LogP contribution in [0, 0.1) is 5.92 Å². The molecule has 0 aromatic rings. The van der Waals surface area contributed by atoms with Crippen molar-refractivity contribution < 1.29 is 48.3 Å². The minimum atomic E-state index is -9.03. The summed E-state index contributed by atoms with van der Waals surface area (Å²) >= 11 is 0. The van der Waals surface area contributed by atoms with Crippen molar-refractivity contribution in [1.29, 1.82) is 0 Å². The van der Waals surface area contributed by atoms with Crippen molar-refractivity contribution in [3.05, 3.63) is 0 Å². The van der Waals surface area contributed by atoms with Crippen LogP contribution in [0.1, 0.15) is 25.7 Å². The highest BCUT2D eigenvalue weighted by molar-refractivity contribution is 6.87. The molecule has 1 aliphatic rings. The fraction of sp³-hybridized carbons (Fsp3) is 1.00. The molecule has 0 bridgehead atoms. The van der Waals surface area contributed by atoms with E-state index in [0.29, 0.717) is 0 Å². The van der Waals surface area contributed by atoms with Gasteiger partial charge in [0.25, 0.3) is 5.55 Å². The summed E-state index contributed by atoms with van der Waals surface area (Å²) in [5, 5.41) is 0. The number of hydrogen-bond donors (Lipinski definition) is 0. The summed E-state index contributed by atoms with van der Waals surface area (Å²) < 4.78 is 142. The molecule has 0 spiro atoms. The topological polar surface area (TPSA) is 0 Å². The minimum absolute atomic E-state index is 0.127. The van der Waals surface area contributed by atoms with Crippen LogP contribution >= 0.6 is 0 Å². The summed E-state index contributed by atoms with van der Waals surface area (Å²) in [4.78, 5) is 0. The molecule has 0 heterocycles.